The second kappa shape index (κ2) is 13.2. The minimum absolute atomic E-state index is 0.138. The van der Waals surface area contributed by atoms with Gasteiger partial charge in [-0.05, 0) is 82.0 Å². The third-order valence-corrected chi connectivity index (χ3v) is 6.15. The zero-order chi connectivity index (χ0) is 26.1. The summed E-state index contributed by atoms with van der Waals surface area (Å²) in [4.78, 5) is 14.9. The number of rotatable bonds is 12. The molecule has 1 atom stereocenters. The van der Waals surface area contributed by atoms with Crippen molar-refractivity contribution in [2.24, 2.45) is 0 Å². The van der Waals surface area contributed by atoms with Gasteiger partial charge >= 0.3 is 0 Å². The van der Waals surface area contributed by atoms with Gasteiger partial charge in [-0.2, -0.15) is 0 Å². The van der Waals surface area contributed by atoms with Crippen molar-refractivity contribution in [1.29, 1.82) is 0 Å². The Hall–Kier alpha value is -3.27. The average molecular weight is 488 g/mol. The van der Waals surface area contributed by atoms with E-state index in [-0.39, 0.29) is 24.0 Å². The molecule has 0 radical (unpaired) electrons. The van der Waals surface area contributed by atoms with Crippen molar-refractivity contribution in [3.8, 4) is 11.5 Å². The van der Waals surface area contributed by atoms with Crippen molar-refractivity contribution in [2.75, 3.05) is 6.54 Å². The average Bonchev–Trinajstić information content (AvgIpc) is 2.85. The van der Waals surface area contributed by atoms with Crippen LogP contribution in [0.2, 0.25) is 0 Å². The lowest BCUT2D eigenvalue weighted by Crippen LogP contribution is -2.31. The van der Waals surface area contributed by atoms with Gasteiger partial charge in [-0.15, -0.1) is 0 Å². The zero-order valence-corrected chi connectivity index (χ0v) is 22.7. The van der Waals surface area contributed by atoms with Gasteiger partial charge in [0.25, 0.3) is 0 Å². The van der Waals surface area contributed by atoms with Crippen LogP contribution in [0.1, 0.15) is 75.6 Å². The Morgan fingerprint density at radius 1 is 0.750 bits per heavy atom. The first-order valence-electron chi connectivity index (χ1n) is 13.1. The van der Waals surface area contributed by atoms with Gasteiger partial charge in [0.05, 0.1) is 12.2 Å². The number of hydrogen-bond acceptors (Lipinski definition) is 3. The van der Waals surface area contributed by atoms with Crippen LogP contribution in [0.3, 0.4) is 0 Å². The van der Waals surface area contributed by atoms with E-state index in [0.717, 1.165) is 23.5 Å². The molecular formula is C32H41NO3. The van der Waals surface area contributed by atoms with Gasteiger partial charge in [0, 0.05) is 25.4 Å². The van der Waals surface area contributed by atoms with Gasteiger partial charge in [0.15, 0.2) is 0 Å². The van der Waals surface area contributed by atoms with Crippen molar-refractivity contribution in [3.63, 3.8) is 0 Å². The Morgan fingerprint density at radius 3 is 1.69 bits per heavy atom. The summed E-state index contributed by atoms with van der Waals surface area (Å²) in [5.74, 6) is 2.09. The molecule has 3 aromatic rings. The van der Waals surface area contributed by atoms with Gasteiger partial charge in [-0.3, -0.25) is 4.79 Å². The summed E-state index contributed by atoms with van der Waals surface area (Å²) in [7, 11) is 0. The first kappa shape index (κ1) is 27.3. The molecule has 0 aliphatic carbocycles. The normalized spacial score (nSPS) is 12.0. The highest BCUT2D eigenvalue weighted by Gasteiger charge is 2.19. The maximum Gasteiger partial charge on any atom is 0.222 e. The summed E-state index contributed by atoms with van der Waals surface area (Å²) in [6.07, 6.45) is 1.61. The molecule has 0 unspecified atom stereocenters. The van der Waals surface area contributed by atoms with Crippen molar-refractivity contribution in [2.45, 2.75) is 79.1 Å². The molecule has 36 heavy (non-hydrogen) atoms. The molecule has 0 aliphatic rings. The zero-order valence-electron chi connectivity index (χ0n) is 22.7. The monoisotopic (exact) mass is 487 g/mol. The fourth-order valence-electron chi connectivity index (χ4n) is 4.34. The lowest BCUT2D eigenvalue weighted by atomic mass is 9.88. The molecule has 4 heteroatoms. The Morgan fingerprint density at radius 2 is 1.22 bits per heavy atom. The molecule has 0 aliphatic heterocycles. The number of carbonyl (C=O) groups excluding carboxylic acids is 1. The summed E-state index contributed by atoms with van der Waals surface area (Å²) in [6.45, 7) is 13.4. The van der Waals surface area contributed by atoms with E-state index in [4.69, 9.17) is 9.47 Å². The SMILES string of the molecule is CCC(=O)N(CC[C@@H](c1ccc(C)cc1)c1ccc(OC(C)C)cc1)Cc1ccc(OC(C)C)cc1. The number of nitrogens with zero attached hydrogens (tertiary/aromatic N) is 1. The molecule has 0 saturated heterocycles. The topological polar surface area (TPSA) is 38.8 Å². The molecule has 0 bridgehead atoms. The van der Waals surface area contributed by atoms with Crippen molar-refractivity contribution in [3.05, 3.63) is 95.1 Å². The quantitative estimate of drug-likeness (QED) is 0.265. The molecule has 0 heterocycles. The highest BCUT2D eigenvalue weighted by molar-refractivity contribution is 5.75. The lowest BCUT2D eigenvalue weighted by molar-refractivity contribution is -0.131. The number of benzene rings is 3. The molecule has 192 valence electrons. The van der Waals surface area contributed by atoms with Crippen LogP contribution in [-0.4, -0.2) is 29.6 Å². The van der Waals surface area contributed by atoms with Gasteiger partial charge in [0.2, 0.25) is 5.91 Å². The first-order chi connectivity index (χ1) is 17.2. The predicted octanol–water partition coefficient (Wildman–Crippen LogP) is 7.53. The smallest absolute Gasteiger partial charge is 0.222 e. The van der Waals surface area contributed by atoms with E-state index in [1.54, 1.807) is 0 Å². The van der Waals surface area contributed by atoms with E-state index >= 15 is 0 Å². The van der Waals surface area contributed by atoms with Crippen molar-refractivity contribution < 1.29 is 14.3 Å². The molecule has 0 saturated carbocycles. The maximum atomic E-state index is 12.9. The fraction of sp³-hybridized carbons (Fsp3) is 0.406. The Bertz CT molecular complexity index is 1070. The second-order valence-corrected chi connectivity index (χ2v) is 9.97. The van der Waals surface area contributed by atoms with E-state index in [2.05, 4.69) is 55.5 Å². The van der Waals surface area contributed by atoms with Crippen LogP contribution in [0, 0.1) is 6.92 Å². The largest absolute Gasteiger partial charge is 0.491 e. The predicted molar refractivity (Wildman–Crippen MR) is 148 cm³/mol. The van der Waals surface area contributed by atoms with Crippen LogP contribution in [0.25, 0.3) is 0 Å². The van der Waals surface area contributed by atoms with E-state index in [1.807, 2.05) is 63.8 Å². The fourth-order valence-corrected chi connectivity index (χ4v) is 4.34. The highest BCUT2D eigenvalue weighted by atomic mass is 16.5. The lowest BCUT2D eigenvalue weighted by Gasteiger charge is -2.26. The summed E-state index contributed by atoms with van der Waals surface area (Å²) in [5, 5.41) is 0. The van der Waals surface area contributed by atoms with E-state index < -0.39 is 0 Å². The Kier molecular flexibility index (Phi) is 9.98. The number of hydrogen-bond donors (Lipinski definition) is 0. The van der Waals surface area contributed by atoms with Gasteiger partial charge in [-0.1, -0.05) is 61.0 Å². The minimum atomic E-state index is 0.138. The first-order valence-corrected chi connectivity index (χ1v) is 13.1. The number of aryl methyl sites for hydroxylation is 1. The van der Waals surface area contributed by atoms with Crippen LogP contribution in [-0.2, 0) is 11.3 Å². The molecular weight excluding hydrogens is 446 g/mol. The van der Waals surface area contributed by atoms with E-state index in [9.17, 15) is 4.79 Å². The molecule has 3 rings (SSSR count). The molecule has 1 amide bonds. The molecule has 0 N–H and O–H groups in total. The van der Waals surface area contributed by atoms with Gasteiger partial charge in [-0.25, -0.2) is 0 Å². The Labute approximate surface area is 217 Å². The van der Waals surface area contributed by atoms with Crippen molar-refractivity contribution >= 4 is 5.91 Å². The van der Waals surface area contributed by atoms with Gasteiger partial charge < -0.3 is 14.4 Å². The standard InChI is InChI=1S/C32H41NO3/c1-7-32(34)33(22-26-10-16-29(17-11-26)35-23(2)3)21-20-31(27-12-8-25(6)9-13-27)28-14-18-30(19-15-28)36-24(4)5/h8-19,23-24,31H,7,20-22H2,1-6H3/t31-/m0/s1. The summed E-state index contributed by atoms with van der Waals surface area (Å²) >= 11 is 0. The van der Waals surface area contributed by atoms with Crippen LogP contribution in [0.15, 0.2) is 72.8 Å². The van der Waals surface area contributed by atoms with Gasteiger partial charge in [0.1, 0.15) is 11.5 Å². The van der Waals surface area contributed by atoms with E-state index in [0.29, 0.717) is 19.5 Å². The minimum Gasteiger partial charge on any atom is -0.491 e. The number of carbonyl (C=O) groups is 1. The van der Waals surface area contributed by atoms with E-state index in [1.165, 1.54) is 16.7 Å². The third kappa shape index (κ3) is 8.15. The van der Waals surface area contributed by atoms with Crippen molar-refractivity contribution in [1.82, 2.24) is 4.90 Å². The van der Waals surface area contributed by atoms with Crippen LogP contribution < -0.4 is 9.47 Å². The molecule has 0 spiro atoms. The number of ether oxygens (including phenoxy) is 2. The second-order valence-electron chi connectivity index (χ2n) is 9.97. The molecule has 0 aromatic heterocycles. The highest BCUT2D eigenvalue weighted by Crippen LogP contribution is 2.30. The van der Waals surface area contributed by atoms with Crippen LogP contribution in [0.4, 0.5) is 0 Å². The third-order valence-electron chi connectivity index (χ3n) is 6.15. The summed E-state index contributed by atoms with van der Waals surface area (Å²) < 4.78 is 11.6. The van der Waals surface area contributed by atoms with Crippen LogP contribution in [0.5, 0.6) is 11.5 Å². The molecule has 0 fully saturated rings. The summed E-state index contributed by atoms with van der Waals surface area (Å²) in [5.41, 5.74) is 4.84. The molecule has 4 nitrogen and oxygen atoms in total. The number of amides is 1. The maximum absolute atomic E-state index is 12.9. The summed E-state index contributed by atoms with van der Waals surface area (Å²) in [6, 6.07) is 25.2. The van der Waals surface area contributed by atoms with Crippen LogP contribution >= 0.6 is 0 Å². The molecule has 3 aromatic carbocycles. The Balaban J connectivity index is 1.79.